The van der Waals surface area contributed by atoms with Crippen LogP contribution in [0, 0.1) is 5.82 Å². The SMILES string of the molecule is CN(C)Cc1ccc2c(c1)c(C(F)(F)F)c(Cc1cccc(CC(NC(=O)c3c(F)cccc3CN3CCC(C)(F)CC3)C(=O)O)c1)c(=O)n2C. The Labute approximate surface area is 292 Å². The van der Waals surface area contributed by atoms with Gasteiger partial charge in [-0.1, -0.05) is 42.5 Å². The lowest BCUT2D eigenvalue weighted by atomic mass is 9.94. The maximum absolute atomic E-state index is 15.1. The lowest BCUT2D eigenvalue weighted by Gasteiger charge is -2.34. The number of aromatic nitrogens is 1. The van der Waals surface area contributed by atoms with E-state index in [1.54, 1.807) is 38.4 Å². The van der Waals surface area contributed by atoms with E-state index in [4.69, 9.17) is 0 Å². The third-order valence-corrected chi connectivity index (χ3v) is 9.37. The first kappa shape index (κ1) is 37.6. The number of carbonyl (C=O) groups excluding carboxylic acids is 1. The van der Waals surface area contributed by atoms with Crippen molar-refractivity contribution >= 4 is 22.8 Å². The van der Waals surface area contributed by atoms with Gasteiger partial charge in [0.05, 0.1) is 16.6 Å². The van der Waals surface area contributed by atoms with E-state index in [2.05, 4.69) is 5.32 Å². The van der Waals surface area contributed by atoms with Crippen molar-refractivity contribution < 1.29 is 36.6 Å². The second-order valence-corrected chi connectivity index (χ2v) is 13.8. The number of aliphatic carboxylic acids is 1. The monoisotopic (exact) mass is 712 g/mol. The molecule has 2 heterocycles. The number of halogens is 5. The number of hydrogen-bond donors (Lipinski definition) is 2. The van der Waals surface area contributed by atoms with Gasteiger partial charge in [0.2, 0.25) is 0 Å². The zero-order valence-corrected chi connectivity index (χ0v) is 28.9. The normalized spacial score (nSPS) is 15.6. The predicted octanol–water partition coefficient (Wildman–Crippen LogP) is 6.10. The largest absolute Gasteiger partial charge is 0.480 e. The van der Waals surface area contributed by atoms with Gasteiger partial charge in [-0.25, -0.2) is 13.6 Å². The Hall–Kier alpha value is -4.62. The third-order valence-electron chi connectivity index (χ3n) is 9.37. The van der Waals surface area contributed by atoms with Crippen molar-refractivity contribution in [2.75, 3.05) is 27.2 Å². The fourth-order valence-electron chi connectivity index (χ4n) is 6.72. The Morgan fingerprint density at radius 2 is 1.67 bits per heavy atom. The fraction of sp³-hybridized carbons (Fsp3) is 0.395. The van der Waals surface area contributed by atoms with E-state index >= 15 is 4.39 Å². The third kappa shape index (κ3) is 8.82. The molecule has 272 valence electrons. The maximum Gasteiger partial charge on any atom is 0.417 e. The molecule has 1 amide bonds. The second kappa shape index (κ2) is 14.9. The molecule has 51 heavy (non-hydrogen) atoms. The average molecular weight is 713 g/mol. The van der Waals surface area contributed by atoms with Crippen molar-refractivity contribution in [3.63, 3.8) is 0 Å². The molecular weight excluding hydrogens is 671 g/mol. The molecule has 0 spiro atoms. The first-order valence-corrected chi connectivity index (χ1v) is 16.6. The van der Waals surface area contributed by atoms with Crippen molar-refractivity contribution in [3.05, 3.63) is 116 Å². The van der Waals surface area contributed by atoms with Crippen LogP contribution in [-0.2, 0) is 43.9 Å². The van der Waals surface area contributed by atoms with E-state index in [1.807, 2.05) is 9.80 Å². The number of likely N-dealkylation sites (tertiary alicyclic amines) is 1. The number of nitrogens with zero attached hydrogens (tertiary/aromatic N) is 3. The number of nitrogens with one attached hydrogen (secondary N) is 1. The van der Waals surface area contributed by atoms with Crippen molar-refractivity contribution in [3.8, 4) is 0 Å². The molecule has 0 aliphatic carbocycles. The number of fused-ring (bicyclic) bond motifs is 1. The van der Waals surface area contributed by atoms with Gasteiger partial charge in [0.15, 0.2) is 0 Å². The summed E-state index contributed by atoms with van der Waals surface area (Å²) >= 11 is 0. The van der Waals surface area contributed by atoms with E-state index in [1.165, 1.54) is 48.9 Å². The molecule has 5 rings (SSSR count). The molecule has 1 fully saturated rings. The number of rotatable bonds is 11. The summed E-state index contributed by atoms with van der Waals surface area (Å²) < 4.78 is 74.7. The van der Waals surface area contributed by atoms with Crippen molar-refractivity contribution in [1.29, 1.82) is 0 Å². The number of aryl methyl sites for hydroxylation is 1. The number of benzene rings is 3. The van der Waals surface area contributed by atoms with E-state index in [0.717, 1.165) is 6.07 Å². The van der Waals surface area contributed by atoms with Gasteiger partial charge in [0.25, 0.3) is 11.5 Å². The summed E-state index contributed by atoms with van der Waals surface area (Å²) in [4.78, 5) is 42.9. The van der Waals surface area contributed by atoms with E-state index in [9.17, 15) is 37.1 Å². The summed E-state index contributed by atoms with van der Waals surface area (Å²) in [5.74, 6) is -3.18. The minimum atomic E-state index is -4.85. The summed E-state index contributed by atoms with van der Waals surface area (Å²) in [7, 11) is 5.02. The van der Waals surface area contributed by atoms with Crippen LogP contribution in [0.1, 0.15) is 63.5 Å². The first-order chi connectivity index (χ1) is 23.9. The van der Waals surface area contributed by atoms with Gasteiger partial charge in [-0.15, -0.1) is 0 Å². The highest BCUT2D eigenvalue weighted by molar-refractivity contribution is 5.98. The number of carbonyl (C=O) groups is 2. The highest BCUT2D eigenvalue weighted by Gasteiger charge is 2.38. The molecule has 1 aromatic heterocycles. The van der Waals surface area contributed by atoms with E-state index < -0.39 is 52.3 Å². The van der Waals surface area contributed by atoms with E-state index in [0.29, 0.717) is 41.9 Å². The summed E-state index contributed by atoms with van der Waals surface area (Å²) in [6, 6.07) is 13.4. The molecule has 1 aliphatic rings. The number of hydrogen-bond acceptors (Lipinski definition) is 5. The Balaban J connectivity index is 1.41. The van der Waals surface area contributed by atoms with Gasteiger partial charge < -0.3 is 19.9 Å². The van der Waals surface area contributed by atoms with Gasteiger partial charge in [-0.3, -0.25) is 14.5 Å². The molecule has 3 aromatic carbocycles. The number of alkyl halides is 4. The molecule has 8 nitrogen and oxygen atoms in total. The van der Waals surface area contributed by atoms with Crippen LogP contribution < -0.4 is 10.9 Å². The number of amides is 1. The number of pyridine rings is 1. The van der Waals surface area contributed by atoms with Crippen molar-refractivity contribution in [2.45, 2.75) is 63.6 Å². The standard InChI is InChI=1S/C38H41F5N4O4/c1-37(40)13-15-47(16-14-37)22-26-9-6-10-29(39)32(26)34(48)44-30(36(50)51)20-24-8-5-7-23(17-24)18-28-33(38(41,42)43)27-19-25(21-45(2)3)11-12-31(27)46(4)35(28)49/h5-12,17,19,30H,13-16,18,20-22H2,1-4H3,(H,44,48)(H,50,51). The zero-order chi connectivity index (χ0) is 37.2. The maximum atomic E-state index is 15.1. The number of piperidine rings is 1. The smallest absolute Gasteiger partial charge is 0.417 e. The van der Waals surface area contributed by atoms with Gasteiger partial charge in [-0.05, 0) is 74.3 Å². The Morgan fingerprint density at radius 1 is 1.00 bits per heavy atom. The molecular formula is C38H41F5N4O4. The molecule has 0 bridgehead atoms. The van der Waals surface area contributed by atoms with Crippen molar-refractivity contribution in [2.24, 2.45) is 7.05 Å². The topological polar surface area (TPSA) is 94.9 Å². The summed E-state index contributed by atoms with van der Waals surface area (Å²) in [6.45, 7) is 2.91. The minimum absolute atomic E-state index is 0.0996. The molecule has 0 radical (unpaired) electrons. The van der Waals surface area contributed by atoms with Gasteiger partial charge in [0.1, 0.15) is 17.5 Å². The minimum Gasteiger partial charge on any atom is -0.480 e. The summed E-state index contributed by atoms with van der Waals surface area (Å²) in [5, 5.41) is 12.3. The quantitative estimate of drug-likeness (QED) is 0.183. The fourth-order valence-corrected chi connectivity index (χ4v) is 6.72. The number of carboxylic acids is 1. The highest BCUT2D eigenvalue weighted by Crippen LogP contribution is 2.37. The molecule has 1 aliphatic heterocycles. The highest BCUT2D eigenvalue weighted by atomic mass is 19.4. The summed E-state index contributed by atoms with van der Waals surface area (Å²) in [5.41, 5.74) is -2.07. The van der Waals surface area contributed by atoms with Gasteiger partial charge in [0, 0.05) is 57.0 Å². The van der Waals surface area contributed by atoms with Crippen molar-refractivity contribution in [1.82, 2.24) is 19.7 Å². The molecule has 0 saturated carbocycles. The zero-order valence-electron chi connectivity index (χ0n) is 28.9. The number of carboxylic acid groups (broad SMARTS) is 1. The second-order valence-electron chi connectivity index (χ2n) is 13.8. The predicted molar refractivity (Wildman–Crippen MR) is 184 cm³/mol. The molecule has 1 atom stereocenters. The Morgan fingerprint density at radius 3 is 2.31 bits per heavy atom. The van der Waals surface area contributed by atoms with E-state index in [-0.39, 0.29) is 48.7 Å². The first-order valence-electron chi connectivity index (χ1n) is 16.6. The van der Waals surface area contributed by atoms with Crippen LogP contribution in [-0.4, -0.2) is 70.2 Å². The molecule has 1 unspecified atom stereocenters. The summed E-state index contributed by atoms with van der Waals surface area (Å²) in [6.07, 6.45) is -4.93. The molecule has 2 N–H and O–H groups in total. The van der Waals surface area contributed by atoms with Crippen LogP contribution in [0.25, 0.3) is 10.9 Å². The van der Waals surface area contributed by atoms with Gasteiger partial charge in [-0.2, -0.15) is 13.2 Å². The lowest BCUT2D eigenvalue weighted by molar-refractivity contribution is -0.139. The van der Waals surface area contributed by atoms with Crippen LogP contribution in [0.15, 0.2) is 65.5 Å². The van der Waals surface area contributed by atoms with Gasteiger partial charge >= 0.3 is 12.1 Å². The molecule has 1 saturated heterocycles. The Kier molecular flexibility index (Phi) is 11.0. The molecule has 4 aromatic rings. The van der Waals surface area contributed by atoms with Crippen LogP contribution in [0.3, 0.4) is 0 Å². The lowest BCUT2D eigenvalue weighted by Crippen LogP contribution is -2.43. The molecule has 13 heteroatoms. The van der Waals surface area contributed by atoms with Crippen LogP contribution in [0.2, 0.25) is 0 Å². The van der Waals surface area contributed by atoms with Crippen LogP contribution >= 0.6 is 0 Å². The van der Waals surface area contributed by atoms with Crippen LogP contribution in [0.4, 0.5) is 22.0 Å². The Bertz CT molecular complexity index is 2000. The average Bonchev–Trinajstić information content (AvgIpc) is 3.03. The van der Waals surface area contributed by atoms with Crippen LogP contribution in [0.5, 0.6) is 0 Å².